The fraction of sp³-hybridized carbons (Fsp3) is 0.467. The van der Waals surface area contributed by atoms with E-state index in [-0.39, 0.29) is 17.9 Å². The second-order valence-electron chi connectivity index (χ2n) is 5.40. The monoisotopic (exact) mass is 341 g/mol. The minimum absolute atomic E-state index is 0.0316. The Kier molecular flexibility index (Phi) is 5.06. The lowest BCUT2D eigenvalue weighted by Crippen LogP contribution is -2.62. The number of hydrogen-bond acceptors (Lipinski definition) is 6. The summed E-state index contributed by atoms with van der Waals surface area (Å²) < 4.78 is 35.6. The van der Waals surface area contributed by atoms with E-state index in [1.165, 1.54) is 26.4 Å². The van der Waals surface area contributed by atoms with Crippen molar-refractivity contribution in [1.82, 2.24) is 4.31 Å². The van der Waals surface area contributed by atoms with Crippen LogP contribution in [0.5, 0.6) is 0 Å². The van der Waals surface area contributed by atoms with Gasteiger partial charge < -0.3 is 9.47 Å². The van der Waals surface area contributed by atoms with E-state index in [1.54, 1.807) is 12.1 Å². The minimum Gasteiger partial charge on any atom is -0.469 e. The molecule has 1 saturated heterocycles. The average Bonchev–Trinajstić information content (AvgIpc) is 2.50. The number of rotatable bonds is 5. The lowest BCUT2D eigenvalue weighted by atomic mass is 9.88. The first-order valence-corrected chi connectivity index (χ1v) is 8.48. The summed E-state index contributed by atoms with van der Waals surface area (Å²) in [5.74, 6) is -1.62. The molecule has 0 bridgehead atoms. The summed E-state index contributed by atoms with van der Waals surface area (Å²) in [5.41, 5.74) is 0.931. The van der Waals surface area contributed by atoms with Gasteiger partial charge in [-0.15, -0.1) is 0 Å². The van der Waals surface area contributed by atoms with Crippen molar-refractivity contribution < 1.29 is 27.5 Å². The molecule has 126 valence electrons. The first-order chi connectivity index (χ1) is 10.8. The molecule has 1 aromatic carbocycles. The number of esters is 2. The Morgan fingerprint density at radius 1 is 1.17 bits per heavy atom. The molecule has 1 aromatic rings. The predicted octanol–water partition coefficient (Wildman–Crippen LogP) is 0.720. The molecule has 1 fully saturated rings. The van der Waals surface area contributed by atoms with Gasteiger partial charge in [0.1, 0.15) is 6.04 Å². The molecule has 7 nitrogen and oxygen atoms in total. The van der Waals surface area contributed by atoms with Gasteiger partial charge >= 0.3 is 11.9 Å². The van der Waals surface area contributed by atoms with E-state index in [9.17, 15) is 18.0 Å². The maximum atomic E-state index is 12.7. The molecule has 1 aliphatic rings. The molecule has 0 amide bonds. The van der Waals surface area contributed by atoms with Gasteiger partial charge in [-0.1, -0.05) is 17.7 Å². The zero-order chi connectivity index (χ0) is 17.2. The normalized spacial score (nSPS) is 21.3. The molecule has 0 saturated carbocycles. The van der Waals surface area contributed by atoms with Crippen molar-refractivity contribution in [3.63, 3.8) is 0 Å². The Morgan fingerprint density at radius 3 is 2.30 bits per heavy atom. The third-order valence-corrected chi connectivity index (χ3v) is 5.76. The van der Waals surface area contributed by atoms with Gasteiger partial charge in [-0.05, 0) is 19.1 Å². The van der Waals surface area contributed by atoms with Gasteiger partial charge in [0.05, 0.1) is 25.5 Å². The average molecular weight is 341 g/mol. The summed E-state index contributed by atoms with van der Waals surface area (Å²) in [6, 6.07) is 5.35. The molecule has 0 N–H and O–H groups in total. The van der Waals surface area contributed by atoms with Crippen LogP contribution in [0, 0.1) is 12.8 Å². The van der Waals surface area contributed by atoms with Crippen molar-refractivity contribution in [3.8, 4) is 0 Å². The van der Waals surface area contributed by atoms with Crippen LogP contribution in [0.15, 0.2) is 29.2 Å². The SMILES string of the molecule is COC(=O)C[C@H]1CN(S(=O)(=O)c2ccc(C)cc2)[C@@H]1C(=O)OC. The van der Waals surface area contributed by atoms with Crippen molar-refractivity contribution >= 4 is 22.0 Å². The van der Waals surface area contributed by atoms with Crippen LogP contribution in [0.1, 0.15) is 12.0 Å². The molecule has 23 heavy (non-hydrogen) atoms. The van der Waals surface area contributed by atoms with Gasteiger partial charge in [0.2, 0.25) is 10.0 Å². The van der Waals surface area contributed by atoms with Gasteiger partial charge in [0, 0.05) is 12.5 Å². The number of benzene rings is 1. The Balaban J connectivity index is 2.26. The third kappa shape index (κ3) is 3.37. The number of sulfonamides is 1. The second-order valence-corrected chi connectivity index (χ2v) is 7.29. The summed E-state index contributed by atoms with van der Waals surface area (Å²) in [7, 11) is -1.39. The van der Waals surface area contributed by atoms with Gasteiger partial charge in [0.15, 0.2) is 0 Å². The molecular formula is C15H19NO6S. The predicted molar refractivity (Wildman–Crippen MR) is 81.0 cm³/mol. The maximum Gasteiger partial charge on any atom is 0.324 e. The topological polar surface area (TPSA) is 90.0 Å². The molecule has 2 atom stereocenters. The lowest BCUT2D eigenvalue weighted by Gasteiger charge is -2.44. The largest absolute Gasteiger partial charge is 0.469 e. The number of hydrogen-bond donors (Lipinski definition) is 0. The molecule has 0 spiro atoms. The van der Waals surface area contributed by atoms with Crippen LogP contribution >= 0.6 is 0 Å². The maximum absolute atomic E-state index is 12.7. The number of carbonyl (C=O) groups excluding carboxylic acids is 2. The smallest absolute Gasteiger partial charge is 0.324 e. The molecular weight excluding hydrogens is 322 g/mol. The van der Waals surface area contributed by atoms with E-state index >= 15 is 0 Å². The van der Waals surface area contributed by atoms with E-state index in [2.05, 4.69) is 9.47 Å². The number of methoxy groups -OCH3 is 2. The number of aryl methyl sites for hydroxylation is 1. The van der Waals surface area contributed by atoms with Crippen LogP contribution < -0.4 is 0 Å². The van der Waals surface area contributed by atoms with Crippen LogP contribution in [0.3, 0.4) is 0 Å². The summed E-state index contributed by atoms with van der Waals surface area (Å²) in [4.78, 5) is 23.4. The lowest BCUT2D eigenvalue weighted by molar-refractivity contribution is -0.155. The first-order valence-electron chi connectivity index (χ1n) is 7.04. The van der Waals surface area contributed by atoms with Crippen molar-refractivity contribution in [1.29, 1.82) is 0 Å². The highest BCUT2D eigenvalue weighted by Gasteiger charge is 2.51. The van der Waals surface area contributed by atoms with Crippen LogP contribution in [0.2, 0.25) is 0 Å². The van der Waals surface area contributed by atoms with Gasteiger partial charge in [0.25, 0.3) is 0 Å². The fourth-order valence-corrected chi connectivity index (χ4v) is 4.24. The van der Waals surface area contributed by atoms with Crippen molar-refractivity contribution in [3.05, 3.63) is 29.8 Å². The summed E-state index contributed by atoms with van der Waals surface area (Å²) >= 11 is 0. The van der Waals surface area contributed by atoms with Crippen molar-refractivity contribution in [2.45, 2.75) is 24.3 Å². The van der Waals surface area contributed by atoms with Gasteiger partial charge in [-0.2, -0.15) is 4.31 Å². The van der Waals surface area contributed by atoms with Crippen LogP contribution in [-0.2, 0) is 29.1 Å². The molecule has 8 heteroatoms. The molecule has 1 heterocycles. The van der Waals surface area contributed by atoms with E-state index in [0.29, 0.717) is 0 Å². The van der Waals surface area contributed by atoms with E-state index < -0.39 is 33.9 Å². The Morgan fingerprint density at radius 2 is 1.78 bits per heavy atom. The molecule has 0 aliphatic carbocycles. The Bertz CT molecular complexity index is 697. The van der Waals surface area contributed by atoms with E-state index in [4.69, 9.17) is 0 Å². The van der Waals surface area contributed by atoms with Crippen molar-refractivity contribution in [2.75, 3.05) is 20.8 Å². The van der Waals surface area contributed by atoms with Crippen LogP contribution in [0.25, 0.3) is 0 Å². The zero-order valence-electron chi connectivity index (χ0n) is 13.2. The Hall–Kier alpha value is -1.93. The highest BCUT2D eigenvalue weighted by Crippen LogP contribution is 2.34. The quantitative estimate of drug-likeness (QED) is 0.733. The first kappa shape index (κ1) is 17.4. The van der Waals surface area contributed by atoms with Crippen LogP contribution in [-0.4, -0.2) is 51.5 Å². The fourth-order valence-electron chi connectivity index (χ4n) is 2.54. The molecule has 1 aliphatic heterocycles. The van der Waals surface area contributed by atoms with Gasteiger partial charge in [-0.3, -0.25) is 9.59 Å². The van der Waals surface area contributed by atoms with E-state index in [0.717, 1.165) is 9.87 Å². The molecule has 0 aromatic heterocycles. The van der Waals surface area contributed by atoms with Crippen LogP contribution in [0.4, 0.5) is 0 Å². The van der Waals surface area contributed by atoms with Crippen molar-refractivity contribution in [2.24, 2.45) is 5.92 Å². The highest BCUT2D eigenvalue weighted by molar-refractivity contribution is 7.89. The zero-order valence-corrected chi connectivity index (χ0v) is 14.0. The summed E-state index contributed by atoms with van der Waals surface area (Å²) in [6.07, 6.45) is -0.0316. The Labute approximate surface area is 135 Å². The molecule has 0 radical (unpaired) electrons. The highest BCUT2D eigenvalue weighted by atomic mass is 32.2. The summed E-state index contributed by atoms with van der Waals surface area (Å²) in [5, 5.41) is 0. The van der Waals surface area contributed by atoms with E-state index in [1.807, 2.05) is 6.92 Å². The number of ether oxygens (including phenoxy) is 2. The molecule has 0 unspecified atom stereocenters. The molecule has 2 rings (SSSR count). The standard InChI is InChI=1S/C15H19NO6S/c1-10-4-6-12(7-5-10)23(19,20)16-9-11(8-13(17)21-2)14(16)15(18)22-3/h4-7,11,14H,8-9H2,1-3H3/t11-,14-/m0/s1. The third-order valence-electron chi connectivity index (χ3n) is 3.90. The summed E-state index contributed by atoms with van der Waals surface area (Å²) in [6.45, 7) is 1.93. The second kappa shape index (κ2) is 6.67. The number of nitrogens with zero attached hydrogens (tertiary/aromatic N) is 1. The van der Waals surface area contributed by atoms with Gasteiger partial charge in [-0.25, -0.2) is 8.42 Å². The number of carbonyl (C=O) groups is 2. The minimum atomic E-state index is -3.82.